The summed E-state index contributed by atoms with van der Waals surface area (Å²) in [6, 6.07) is 12.2. The number of nitrogens with zero attached hydrogens (tertiary/aromatic N) is 1. The van der Waals surface area contributed by atoms with E-state index in [0.717, 1.165) is 24.1 Å². The summed E-state index contributed by atoms with van der Waals surface area (Å²) in [6.07, 6.45) is 2.92. The molecule has 25 heavy (non-hydrogen) atoms. The topological polar surface area (TPSA) is 78.5 Å². The number of nitrogens with one attached hydrogen (secondary N) is 2. The summed E-state index contributed by atoms with van der Waals surface area (Å²) in [4.78, 5) is 12.7. The van der Waals surface area contributed by atoms with Crippen LogP contribution in [0.4, 0.5) is 10.5 Å². The van der Waals surface area contributed by atoms with E-state index >= 15 is 0 Å². The molecule has 8 heteroatoms. The standard InChI is InChI=1S/C17H21N3O3S2/c21-17(19-14-7-3-1-4-8-14)18-13-15-9-10-16(24-15)25(22,23)20-11-5-2-6-12-20/h1,3-4,7-10H,2,5-6,11-13H2,(H2,18,19,21). The summed E-state index contributed by atoms with van der Waals surface area (Å²) in [5.41, 5.74) is 0.708. The molecule has 0 bridgehead atoms. The van der Waals surface area contributed by atoms with E-state index in [1.54, 1.807) is 28.6 Å². The predicted molar refractivity (Wildman–Crippen MR) is 99.2 cm³/mol. The van der Waals surface area contributed by atoms with Crippen molar-refractivity contribution >= 4 is 33.1 Å². The van der Waals surface area contributed by atoms with Crippen molar-refractivity contribution < 1.29 is 13.2 Å². The maximum atomic E-state index is 12.6. The van der Waals surface area contributed by atoms with Crippen LogP contribution < -0.4 is 10.6 Å². The molecule has 6 nitrogen and oxygen atoms in total. The number of urea groups is 1. The summed E-state index contributed by atoms with van der Waals surface area (Å²) in [7, 11) is -3.40. The second kappa shape index (κ2) is 7.99. The van der Waals surface area contributed by atoms with Crippen LogP contribution in [0.25, 0.3) is 0 Å². The number of rotatable bonds is 5. The molecule has 0 atom stereocenters. The number of benzene rings is 1. The van der Waals surface area contributed by atoms with Gasteiger partial charge in [0, 0.05) is 23.7 Å². The van der Waals surface area contributed by atoms with Gasteiger partial charge in [-0.3, -0.25) is 0 Å². The van der Waals surface area contributed by atoms with Gasteiger partial charge in [0.25, 0.3) is 10.0 Å². The smallest absolute Gasteiger partial charge is 0.319 e. The molecule has 0 radical (unpaired) electrons. The van der Waals surface area contributed by atoms with Crippen molar-refractivity contribution in [1.82, 2.24) is 9.62 Å². The Morgan fingerprint density at radius 3 is 2.48 bits per heavy atom. The predicted octanol–water partition coefficient (Wildman–Crippen LogP) is 3.24. The quantitative estimate of drug-likeness (QED) is 0.837. The lowest BCUT2D eigenvalue weighted by atomic mass is 10.2. The average molecular weight is 380 g/mol. The Labute approximate surface area is 151 Å². The van der Waals surface area contributed by atoms with Crippen LogP contribution in [0.5, 0.6) is 0 Å². The number of carbonyl (C=O) groups excluding carboxylic acids is 1. The third-order valence-corrected chi connectivity index (χ3v) is 7.45. The van der Waals surface area contributed by atoms with Crippen molar-refractivity contribution in [3.05, 3.63) is 47.3 Å². The highest BCUT2D eigenvalue weighted by molar-refractivity contribution is 7.91. The van der Waals surface area contributed by atoms with Crippen molar-refractivity contribution in [2.45, 2.75) is 30.0 Å². The summed E-state index contributed by atoms with van der Waals surface area (Å²) in [5.74, 6) is 0. The molecule has 1 fully saturated rings. The van der Waals surface area contributed by atoms with E-state index in [9.17, 15) is 13.2 Å². The number of sulfonamides is 1. The van der Waals surface area contributed by atoms with Gasteiger partial charge in [-0.1, -0.05) is 24.6 Å². The largest absolute Gasteiger partial charge is 0.333 e. The molecule has 2 heterocycles. The van der Waals surface area contributed by atoms with Gasteiger partial charge in [0.2, 0.25) is 0 Å². The molecule has 2 aromatic rings. The zero-order chi connectivity index (χ0) is 17.7. The van der Waals surface area contributed by atoms with Gasteiger partial charge >= 0.3 is 6.03 Å². The van der Waals surface area contributed by atoms with E-state index in [4.69, 9.17) is 0 Å². The molecule has 0 spiro atoms. The first kappa shape index (κ1) is 17.9. The molecule has 2 N–H and O–H groups in total. The molecule has 0 unspecified atom stereocenters. The monoisotopic (exact) mass is 379 g/mol. The highest BCUT2D eigenvalue weighted by atomic mass is 32.2. The van der Waals surface area contributed by atoms with E-state index in [1.807, 2.05) is 18.2 Å². The van der Waals surface area contributed by atoms with E-state index in [-0.39, 0.29) is 6.03 Å². The van der Waals surface area contributed by atoms with Gasteiger partial charge in [-0.25, -0.2) is 13.2 Å². The zero-order valence-electron chi connectivity index (χ0n) is 13.8. The first-order chi connectivity index (χ1) is 12.1. The zero-order valence-corrected chi connectivity index (χ0v) is 15.4. The molecule has 3 rings (SSSR count). The third-order valence-electron chi connectivity index (χ3n) is 4.00. The Kier molecular flexibility index (Phi) is 5.72. The Morgan fingerprint density at radius 1 is 1.04 bits per heavy atom. The third kappa shape index (κ3) is 4.59. The lowest BCUT2D eigenvalue weighted by Gasteiger charge is -2.25. The van der Waals surface area contributed by atoms with Crippen LogP contribution in [-0.4, -0.2) is 31.8 Å². The Morgan fingerprint density at radius 2 is 1.76 bits per heavy atom. The summed E-state index contributed by atoms with van der Waals surface area (Å²) < 4.78 is 27.1. The van der Waals surface area contributed by atoms with Crippen LogP contribution in [0.15, 0.2) is 46.7 Å². The summed E-state index contributed by atoms with van der Waals surface area (Å²) in [6.45, 7) is 1.47. The van der Waals surface area contributed by atoms with Crippen LogP contribution in [0.2, 0.25) is 0 Å². The highest BCUT2D eigenvalue weighted by Crippen LogP contribution is 2.27. The lowest BCUT2D eigenvalue weighted by molar-refractivity contribution is 0.252. The van der Waals surface area contributed by atoms with E-state index in [0.29, 0.717) is 29.5 Å². The lowest BCUT2D eigenvalue weighted by Crippen LogP contribution is -2.35. The van der Waals surface area contributed by atoms with Crippen LogP contribution in [0.3, 0.4) is 0 Å². The minimum atomic E-state index is -3.40. The highest BCUT2D eigenvalue weighted by Gasteiger charge is 2.27. The van der Waals surface area contributed by atoms with E-state index in [2.05, 4.69) is 10.6 Å². The van der Waals surface area contributed by atoms with Crippen molar-refractivity contribution in [2.75, 3.05) is 18.4 Å². The van der Waals surface area contributed by atoms with Crippen molar-refractivity contribution in [2.24, 2.45) is 0 Å². The van der Waals surface area contributed by atoms with Gasteiger partial charge in [-0.2, -0.15) is 4.31 Å². The molecule has 1 saturated heterocycles. The molecule has 1 aromatic carbocycles. The molecule has 1 aliphatic rings. The Balaban J connectivity index is 1.57. The van der Waals surface area contributed by atoms with Crippen molar-refractivity contribution in [3.63, 3.8) is 0 Å². The van der Waals surface area contributed by atoms with Gasteiger partial charge in [-0.05, 0) is 37.1 Å². The fraction of sp³-hybridized carbons (Fsp3) is 0.353. The molecular formula is C17H21N3O3S2. The second-order valence-corrected chi connectivity index (χ2v) is 9.19. The Bertz CT molecular complexity index is 813. The van der Waals surface area contributed by atoms with Gasteiger partial charge in [0.05, 0.1) is 6.54 Å². The van der Waals surface area contributed by atoms with Gasteiger partial charge < -0.3 is 10.6 Å². The minimum Gasteiger partial charge on any atom is -0.333 e. The fourth-order valence-corrected chi connectivity index (χ4v) is 5.66. The molecule has 0 aliphatic carbocycles. The fourth-order valence-electron chi connectivity index (χ4n) is 2.69. The Hall–Kier alpha value is -1.90. The normalized spacial score (nSPS) is 15.7. The van der Waals surface area contributed by atoms with Gasteiger partial charge in [0.1, 0.15) is 4.21 Å². The van der Waals surface area contributed by atoms with Gasteiger partial charge in [-0.15, -0.1) is 11.3 Å². The van der Waals surface area contributed by atoms with Crippen molar-refractivity contribution in [1.29, 1.82) is 0 Å². The van der Waals surface area contributed by atoms with Crippen molar-refractivity contribution in [3.8, 4) is 0 Å². The number of anilines is 1. The van der Waals surface area contributed by atoms with Crippen LogP contribution in [-0.2, 0) is 16.6 Å². The number of amides is 2. The molecular weight excluding hydrogens is 358 g/mol. The van der Waals surface area contributed by atoms with Gasteiger partial charge in [0.15, 0.2) is 0 Å². The van der Waals surface area contributed by atoms with E-state index < -0.39 is 10.0 Å². The van der Waals surface area contributed by atoms with Crippen LogP contribution >= 0.6 is 11.3 Å². The second-order valence-electron chi connectivity index (χ2n) is 5.86. The number of hydrogen-bond donors (Lipinski definition) is 2. The number of thiophene rings is 1. The maximum Gasteiger partial charge on any atom is 0.319 e. The molecule has 2 amide bonds. The average Bonchev–Trinajstić information content (AvgIpc) is 3.11. The molecule has 1 aliphatic heterocycles. The number of piperidine rings is 1. The first-order valence-corrected chi connectivity index (χ1v) is 10.5. The first-order valence-electron chi connectivity index (χ1n) is 8.24. The molecule has 1 aromatic heterocycles. The molecule has 0 saturated carbocycles. The number of carbonyl (C=O) groups is 1. The van der Waals surface area contributed by atoms with E-state index in [1.165, 1.54) is 11.3 Å². The minimum absolute atomic E-state index is 0.291. The number of para-hydroxylation sites is 1. The summed E-state index contributed by atoms with van der Waals surface area (Å²) in [5, 5.41) is 5.47. The summed E-state index contributed by atoms with van der Waals surface area (Å²) >= 11 is 1.21. The van der Waals surface area contributed by atoms with Crippen LogP contribution in [0.1, 0.15) is 24.1 Å². The molecule has 134 valence electrons. The van der Waals surface area contributed by atoms with Crippen LogP contribution in [0, 0.1) is 0 Å². The number of hydrogen-bond acceptors (Lipinski definition) is 4. The SMILES string of the molecule is O=C(NCc1ccc(S(=O)(=O)N2CCCCC2)s1)Nc1ccccc1. The maximum absolute atomic E-state index is 12.6.